The third-order valence-electron chi connectivity index (χ3n) is 5.51. The average Bonchev–Trinajstić information content (AvgIpc) is 3.16. The number of carbonyl (C=O) groups excluding carboxylic acids is 2. The molecule has 1 atom stereocenters. The standard InChI is InChI=1S/C25H26N4O3/c1-14(2)22(25(31)28-19-11-7-8-12-21(19)32-4)29-24(30)20-13-17-16-9-5-6-10-18(16)27-23(17)15(3)26-20/h5-14,22,27H,1-4H3,(H,28,31)(H,29,30). The number of H-pyrrole nitrogens is 1. The van der Waals surface area contributed by atoms with Crippen molar-refractivity contribution in [2.24, 2.45) is 5.92 Å². The van der Waals surface area contributed by atoms with E-state index in [9.17, 15) is 9.59 Å². The number of rotatable bonds is 6. The first-order chi connectivity index (χ1) is 15.4. The highest BCUT2D eigenvalue weighted by atomic mass is 16.5. The van der Waals surface area contributed by atoms with Crippen molar-refractivity contribution in [1.29, 1.82) is 0 Å². The number of carbonyl (C=O) groups is 2. The quantitative estimate of drug-likeness (QED) is 0.422. The molecule has 0 saturated heterocycles. The molecule has 0 bridgehead atoms. The number of hydrogen-bond donors (Lipinski definition) is 3. The highest BCUT2D eigenvalue weighted by molar-refractivity contribution is 6.10. The van der Waals surface area contributed by atoms with Gasteiger partial charge in [-0.05, 0) is 37.1 Å². The molecular weight excluding hydrogens is 404 g/mol. The van der Waals surface area contributed by atoms with Crippen molar-refractivity contribution in [3.63, 3.8) is 0 Å². The summed E-state index contributed by atoms with van der Waals surface area (Å²) in [5.74, 6) is -0.291. The van der Waals surface area contributed by atoms with Gasteiger partial charge in [0.15, 0.2) is 0 Å². The van der Waals surface area contributed by atoms with E-state index in [0.29, 0.717) is 11.4 Å². The molecule has 2 aromatic heterocycles. The molecule has 2 aromatic carbocycles. The lowest BCUT2D eigenvalue weighted by molar-refractivity contribution is -0.118. The van der Waals surface area contributed by atoms with Crippen molar-refractivity contribution >= 4 is 39.3 Å². The molecule has 3 N–H and O–H groups in total. The predicted octanol–water partition coefficient (Wildman–Crippen LogP) is 4.43. The molecule has 0 aliphatic heterocycles. The maximum absolute atomic E-state index is 13.1. The van der Waals surface area contributed by atoms with Crippen molar-refractivity contribution < 1.29 is 14.3 Å². The minimum atomic E-state index is -0.742. The van der Waals surface area contributed by atoms with Crippen LogP contribution in [-0.4, -0.2) is 34.9 Å². The van der Waals surface area contributed by atoms with E-state index in [1.165, 1.54) is 0 Å². The molecule has 0 spiro atoms. The van der Waals surface area contributed by atoms with Crippen molar-refractivity contribution in [1.82, 2.24) is 15.3 Å². The van der Waals surface area contributed by atoms with Gasteiger partial charge in [0.25, 0.3) is 5.91 Å². The summed E-state index contributed by atoms with van der Waals surface area (Å²) in [6.45, 7) is 5.63. The molecule has 32 heavy (non-hydrogen) atoms. The summed E-state index contributed by atoms with van der Waals surface area (Å²) >= 11 is 0. The van der Waals surface area contributed by atoms with Gasteiger partial charge in [0.05, 0.1) is 24.0 Å². The highest BCUT2D eigenvalue weighted by Crippen LogP contribution is 2.27. The molecule has 2 amide bonds. The fourth-order valence-electron chi connectivity index (χ4n) is 3.83. The lowest BCUT2D eigenvalue weighted by atomic mass is 10.0. The first-order valence-electron chi connectivity index (χ1n) is 10.5. The lowest BCUT2D eigenvalue weighted by Gasteiger charge is -2.22. The molecule has 164 valence electrons. The van der Waals surface area contributed by atoms with Crippen molar-refractivity contribution in [3.8, 4) is 5.75 Å². The molecule has 0 aliphatic carbocycles. The van der Waals surface area contributed by atoms with Gasteiger partial charge in [-0.15, -0.1) is 0 Å². The molecule has 7 heteroatoms. The number of para-hydroxylation sites is 3. The molecule has 0 fully saturated rings. The second-order valence-electron chi connectivity index (χ2n) is 8.07. The van der Waals surface area contributed by atoms with Crippen LogP contribution in [0.25, 0.3) is 21.8 Å². The summed E-state index contributed by atoms with van der Waals surface area (Å²) in [6.07, 6.45) is 0. The van der Waals surface area contributed by atoms with Gasteiger partial charge in [-0.25, -0.2) is 4.98 Å². The Morgan fingerprint density at radius 2 is 1.75 bits per heavy atom. The third-order valence-corrected chi connectivity index (χ3v) is 5.51. The van der Waals surface area contributed by atoms with Crippen LogP contribution in [0.2, 0.25) is 0 Å². The molecule has 1 unspecified atom stereocenters. The first-order valence-corrected chi connectivity index (χ1v) is 10.5. The fraction of sp³-hybridized carbons (Fsp3) is 0.240. The molecule has 4 aromatic rings. The zero-order valence-corrected chi connectivity index (χ0v) is 18.5. The van der Waals surface area contributed by atoms with Gasteiger partial charge in [0, 0.05) is 16.3 Å². The number of anilines is 1. The van der Waals surface area contributed by atoms with E-state index in [1.54, 1.807) is 25.3 Å². The smallest absolute Gasteiger partial charge is 0.270 e. The van der Waals surface area contributed by atoms with E-state index >= 15 is 0 Å². The Bertz CT molecular complexity index is 1310. The number of ether oxygens (including phenoxy) is 1. The van der Waals surface area contributed by atoms with Crippen LogP contribution in [-0.2, 0) is 4.79 Å². The number of aromatic amines is 1. The topological polar surface area (TPSA) is 96.1 Å². The van der Waals surface area contributed by atoms with Gasteiger partial charge in [-0.1, -0.05) is 44.2 Å². The minimum absolute atomic E-state index is 0.133. The summed E-state index contributed by atoms with van der Waals surface area (Å²) in [5.41, 5.74) is 3.44. The van der Waals surface area contributed by atoms with Crippen LogP contribution in [0.4, 0.5) is 5.69 Å². The van der Waals surface area contributed by atoms with E-state index < -0.39 is 11.9 Å². The maximum atomic E-state index is 13.1. The van der Waals surface area contributed by atoms with Crippen LogP contribution in [0, 0.1) is 12.8 Å². The Morgan fingerprint density at radius 1 is 1.03 bits per heavy atom. The van der Waals surface area contributed by atoms with E-state index in [4.69, 9.17) is 4.74 Å². The van der Waals surface area contributed by atoms with Crippen LogP contribution in [0.1, 0.15) is 30.0 Å². The number of hydrogen-bond acceptors (Lipinski definition) is 4. The number of benzene rings is 2. The van der Waals surface area contributed by atoms with Gasteiger partial charge >= 0.3 is 0 Å². The number of nitrogens with one attached hydrogen (secondary N) is 3. The number of amides is 2. The maximum Gasteiger partial charge on any atom is 0.270 e. The summed E-state index contributed by atoms with van der Waals surface area (Å²) in [4.78, 5) is 33.9. The van der Waals surface area contributed by atoms with E-state index in [0.717, 1.165) is 27.5 Å². The molecular formula is C25H26N4O3. The van der Waals surface area contributed by atoms with Crippen molar-refractivity contribution in [3.05, 3.63) is 66.0 Å². The fourth-order valence-corrected chi connectivity index (χ4v) is 3.83. The van der Waals surface area contributed by atoms with Crippen LogP contribution >= 0.6 is 0 Å². The normalized spacial score (nSPS) is 12.2. The number of nitrogens with zero attached hydrogens (tertiary/aromatic N) is 1. The van der Waals surface area contributed by atoms with E-state index in [2.05, 4.69) is 20.6 Å². The summed E-state index contributed by atoms with van der Waals surface area (Å²) in [6, 6.07) is 16.1. The number of pyridine rings is 1. The minimum Gasteiger partial charge on any atom is -0.495 e. The zero-order chi connectivity index (χ0) is 22.8. The van der Waals surface area contributed by atoms with Crippen LogP contribution in [0.3, 0.4) is 0 Å². The molecule has 0 saturated carbocycles. The molecule has 4 rings (SSSR count). The first kappa shape index (κ1) is 21.4. The van der Waals surface area contributed by atoms with Crippen molar-refractivity contribution in [2.75, 3.05) is 12.4 Å². The van der Waals surface area contributed by atoms with Gasteiger partial charge < -0.3 is 20.4 Å². The third kappa shape index (κ3) is 4.01. The summed E-state index contributed by atoms with van der Waals surface area (Å²) in [5, 5.41) is 7.67. The van der Waals surface area contributed by atoms with Crippen LogP contribution < -0.4 is 15.4 Å². The predicted molar refractivity (Wildman–Crippen MR) is 126 cm³/mol. The van der Waals surface area contributed by atoms with E-state index in [1.807, 2.05) is 57.2 Å². The number of aryl methyl sites for hydroxylation is 1. The summed E-state index contributed by atoms with van der Waals surface area (Å²) in [7, 11) is 1.54. The largest absolute Gasteiger partial charge is 0.495 e. The monoisotopic (exact) mass is 430 g/mol. The Kier molecular flexibility index (Phi) is 5.81. The molecule has 0 aliphatic rings. The van der Waals surface area contributed by atoms with Gasteiger partial charge in [0.2, 0.25) is 5.91 Å². The summed E-state index contributed by atoms with van der Waals surface area (Å²) < 4.78 is 5.30. The van der Waals surface area contributed by atoms with Crippen LogP contribution in [0.15, 0.2) is 54.6 Å². The van der Waals surface area contributed by atoms with Crippen LogP contribution in [0.5, 0.6) is 5.75 Å². The zero-order valence-electron chi connectivity index (χ0n) is 18.5. The van der Waals surface area contributed by atoms with Gasteiger partial charge in [-0.3, -0.25) is 9.59 Å². The molecule has 2 heterocycles. The molecule has 0 radical (unpaired) electrons. The number of fused-ring (bicyclic) bond motifs is 3. The average molecular weight is 431 g/mol. The molecule has 7 nitrogen and oxygen atoms in total. The number of methoxy groups -OCH3 is 1. The van der Waals surface area contributed by atoms with Gasteiger partial charge in [0.1, 0.15) is 17.5 Å². The second-order valence-corrected chi connectivity index (χ2v) is 8.07. The lowest BCUT2D eigenvalue weighted by Crippen LogP contribution is -2.47. The Labute approximate surface area is 186 Å². The van der Waals surface area contributed by atoms with Crippen molar-refractivity contribution in [2.45, 2.75) is 26.8 Å². The Balaban J connectivity index is 1.61. The number of aromatic nitrogens is 2. The van der Waals surface area contributed by atoms with Gasteiger partial charge in [-0.2, -0.15) is 0 Å². The Morgan fingerprint density at radius 3 is 2.50 bits per heavy atom. The Hall–Kier alpha value is -3.87. The second kappa shape index (κ2) is 8.70. The SMILES string of the molecule is COc1ccccc1NC(=O)C(NC(=O)c1cc2c([nH]c3ccccc32)c(C)n1)C(C)C. The highest BCUT2D eigenvalue weighted by Gasteiger charge is 2.26. The van der Waals surface area contributed by atoms with E-state index in [-0.39, 0.29) is 17.5 Å².